The second kappa shape index (κ2) is 8.00. The normalized spacial score (nSPS) is 15.8. The minimum Gasteiger partial charge on any atom is -0.487 e. The Morgan fingerprint density at radius 1 is 1.44 bits per heavy atom. The summed E-state index contributed by atoms with van der Waals surface area (Å²) in [6.45, 7) is 4.25. The van der Waals surface area contributed by atoms with E-state index in [-0.39, 0.29) is 12.1 Å². The van der Waals surface area contributed by atoms with Crippen molar-refractivity contribution in [3.05, 3.63) is 36.3 Å². The van der Waals surface area contributed by atoms with Crippen LogP contribution in [-0.2, 0) is 0 Å². The maximum atomic E-state index is 12.2. The van der Waals surface area contributed by atoms with Crippen molar-refractivity contribution < 1.29 is 9.53 Å². The average molecular weight is 343 g/mol. The Labute approximate surface area is 147 Å². The average Bonchev–Trinajstić information content (AvgIpc) is 3.23. The van der Waals surface area contributed by atoms with Crippen LogP contribution in [0.4, 0.5) is 10.6 Å². The Hall–Kier alpha value is -2.57. The van der Waals surface area contributed by atoms with Gasteiger partial charge < -0.3 is 10.1 Å². The van der Waals surface area contributed by atoms with Crippen LogP contribution in [0.25, 0.3) is 0 Å². The number of pyridine rings is 1. The van der Waals surface area contributed by atoms with Gasteiger partial charge in [-0.15, -0.1) is 0 Å². The number of aromatic nitrogens is 3. The molecule has 0 unspecified atom stereocenters. The number of aryl methyl sites for hydroxylation is 1. The maximum absolute atomic E-state index is 12.2. The van der Waals surface area contributed by atoms with E-state index in [1.807, 2.05) is 36.7 Å². The van der Waals surface area contributed by atoms with Gasteiger partial charge >= 0.3 is 6.03 Å². The van der Waals surface area contributed by atoms with Crippen LogP contribution in [0.15, 0.2) is 30.6 Å². The number of urea groups is 1. The number of hydrogen-bond acceptors (Lipinski definition) is 4. The zero-order valence-electron chi connectivity index (χ0n) is 14.7. The lowest BCUT2D eigenvalue weighted by molar-refractivity contribution is 0.211. The number of nitrogens with one attached hydrogen (secondary N) is 2. The summed E-state index contributed by atoms with van der Waals surface area (Å²) in [5.74, 6) is 1.44. The Bertz CT molecular complexity index is 695. The van der Waals surface area contributed by atoms with E-state index in [4.69, 9.17) is 4.74 Å². The van der Waals surface area contributed by atoms with Crippen molar-refractivity contribution >= 4 is 11.8 Å². The standard InChI is InChI=1S/C18H25N5O2/c1-13-10-17(23(22-13)15-6-3-4-7-15)21-18(24)20-11-14(2)25-16-8-5-9-19-12-16/h5,8-10,12,14-15H,3-4,6-7,11H2,1-2H3,(H2,20,21,24)/t14-/m0/s1. The van der Waals surface area contributed by atoms with E-state index in [1.54, 1.807) is 12.4 Å². The van der Waals surface area contributed by atoms with E-state index in [1.165, 1.54) is 12.8 Å². The minimum absolute atomic E-state index is 0.156. The van der Waals surface area contributed by atoms with Gasteiger partial charge in [0, 0.05) is 12.3 Å². The molecular formula is C18H25N5O2. The van der Waals surface area contributed by atoms with Crippen molar-refractivity contribution in [2.45, 2.75) is 51.7 Å². The van der Waals surface area contributed by atoms with Crippen molar-refractivity contribution in [3.8, 4) is 5.75 Å². The number of carbonyl (C=O) groups excluding carboxylic acids is 1. The molecule has 25 heavy (non-hydrogen) atoms. The molecule has 0 aliphatic heterocycles. The molecule has 0 bridgehead atoms. The molecule has 1 aliphatic rings. The van der Waals surface area contributed by atoms with Crippen LogP contribution in [0.2, 0.25) is 0 Å². The molecule has 0 radical (unpaired) electrons. The highest BCUT2D eigenvalue weighted by Gasteiger charge is 2.21. The smallest absolute Gasteiger partial charge is 0.320 e. The molecule has 2 aromatic rings. The number of ether oxygens (including phenoxy) is 1. The van der Waals surface area contributed by atoms with Crippen LogP contribution < -0.4 is 15.4 Å². The summed E-state index contributed by atoms with van der Waals surface area (Å²) in [5.41, 5.74) is 0.912. The van der Waals surface area contributed by atoms with Crippen LogP contribution in [0.5, 0.6) is 5.75 Å². The van der Waals surface area contributed by atoms with Crippen LogP contribution in [-0.4, -0.2) is 33.4 Å². The van der Waals surface area contributed by atoms with Crippen molar-refractivity contribution in [1.29, 1.82) is 0 Å². The van der Waals surface area contributed by atoms with Gasteiger partial charge in [-0.3, -0.25) is 10.3 Å². The lowest BCUT2D eigenvalue weighted by Crippen LogP contribution is -2.37. The molecule has 0 aromatic carbocycles. The molecule has 1 fully saturated rings. The van der Waals surface area contributed by atoms with E-state index in [9.17, 15) is 4.79 Å². The number of hydrogen-bond donors (Lipinski definition) is 2. The van der Waals surface area contributed by atoms with Gasteiger partial charge in [-0.1, -0.05) is 12.8 Å². The van der Waals surface area contributed by atoms with Crippen LogP contribution in [0, 0.1) is 6.92 Å². The molecule has 0 saturated heterocycles. The molecule has 1 aliphatic carbocycles. The number of rotatable bonds is 6. The number of anilines is 1. The van der Waals surface area contributed by atoms with Crippen LogP contribution in [0.3, 0.4) is 0 Å². The van der Waals surface area contributed by atoms with Gasteiger partial charge in [-0.2, -0.15) is 5.10 Å². The first kappa shape index (κ1) is 17.3. The van der Waals surface area contributed by atoms with Gasteiger partial charge in [0.1, 0.15) is 17.7 Å². The fourth-order valence-corrected chi connectivity index (χ4v) is 3.12. The predicted molar refractivity (Wildman–Crippen MR) is 95.8 cm³/mol. The molecule has 0 spiro atoms. The molecule has 7 heteroatoms. The molecule has 7 nitrogen and oxygen atoms in total. The number of amides is 2. The molecule has 2 aromatic heterocycles. The zero-order chi connectivity index (χ0) is 17.6. The van der Waals surface area contributed by atoms with Crippen molar-refractivity contribution in [2.75, 3.05) is 11.9 Å². The monoisotopic (exact) mass is 343 g/mol. The maximum Gasteiger partial charge on any atom is 0.320 e. The number of nitrogens with zero attached hydrogens (tertiary/aromatic N) is 3. The summed E-state index contributed by atoms with van der Waals surface area (Å²) < 4.78 is 7.66. The van der Waals surface area contributed by atoms with Crippen molar-refractivity contribution in [2.24, 2.45) is 0 Å². The second-order valence-electron chi connectivity index (χ2n) is 6.51. The van der Waals surface area contributed by atoms with Gasteiger partial charge in [0.25, 0.3) is 0 Å². The fraction of sp³-hybridized carbons (Fsp3) is 0.500. The first-order valence-electron chi connectivity index (χ1n) is 8.79. The molecule has 2 heterocycles. The molecule has 1 atom stereocenters. The summed E-state index contributed by atoms with van der Waals surface area (Å²) in [6.07, 6.45) is 7.87. The van der Waals surface area contributed by atoms with Gasteiger partial charge in [0.2, 0.25) is 0 Å². The van der Waals surface area contributed by atoms with Gasteiger partial charge in [0.05, 0.1) is 24.5 Å². The van der Waals surface area contributed by atoms with E-state index < -0.39 is 0 Å². The molecule has 3 rings (SSSR count). The molecule has 2 N–H and O–H groups in total. The first-order valence-corrected chi connectivity index (χ1v) is 8.79. The third kappa shape index (κ3) is 4.71. The zero-order valence-corrected chi connectivity index (χ0v) is 14.7. The molecule has 1 saturated carbocycles. The third-order valence-electron chi connectivity index (χ3n) is 4.29. The summed E-state index contributed by atoms with van der Waals surface area (Å²) in [6, 6.07) is 5.70. The van der Waals surface area contributed by atoms with Crippen LogP contribution >= 0.6 is 0 Å². The first-order chi connectivity index (χ1) is 12.1. The van der Waals surface area contributed by atoms with E-state index in [2.05, 4.69) is 20.7 Å². The van der Waals surface area contributed by atoms with E-state index in [0.717, 1.165) is 24.4 Å². The largest absolute Gasteiger partial charge is 0.487 e. The van der Waals surface area contributed by atoms with Crippen LogP contribution in [0.1, 0.15) is 44.3 Å². The fourth-order valence-electron chi connectivity index (χ4n) is 3.12. The summed E-state index contributed by atoms with van der Waals surface area (Å²) >= 11 is 0. The molecule has 134 valence electrons. The van der Waals surface area contributed by atoms with Gasteiger partial charge in [-0.05, 0) is 38.8 Å². The highest BCUT2D eigenvalue weighted by atomic mass is 16.5. The van der Waals surface area contributed by atoms with Gasteiger partial charge in [-0.25, -0.2) is 9.48 Å². The highest BCUT2D eigenvalue weighted by molar-refractivity contribution is 5.88. The third-order valence-corrected chi connectivity index (χ3v) is 4.29. The van der Waals surface area contributed by atoms with Gasteiger partial charge in [0.15, 0.2) is 0 Å². The SMILES string of the molecule is Cc1cc(NC(=O)NC[C@H](C)Oc2cccnc2)n(C2CCCC2)n1. The Morgan fingerprint density at radius 3 is 2.96 bits per heavy atom. The predicted octanol–water partition coefficient (Wildman–Crippen LogP) is 3.29. The summed E-state index contributed by atoms with van der Waals surface area (Å²) in [7, 11) is 0. The quantitative estimate of drug-likeness (QED) is 0.843. The Balaban J connectivity index is 1.51. The van der Waals surface area contributed by atoms with E-state index >= 15 is 0 Å². The minimum atomic E-state index is -0.249. The molecular weight excluding hydrogens is 318 g/mol. The summed E-state index contributed by atoms with van der Waals surface area (Å²) in [4.78, 5) is 16.2. The van der Waals surface area contributed by atoms with E-state index in [0.29, 0.717) is 18.3 Å². The Kier molecular flexibility index (Phi) is 5.53. The van der Waals surface area contributed by atoms with Crippen molar-refractivity contribution in [3.63, 3.8) is 0 Å². The summed E-state index contributed by atoms with van der Waals surface area (Å²) in [5, 5.41) is 10.3. The van der Waals surface area contributed by atoms with Crippen molar-refractivity contribution in [1.82, 2.24) is 20.1 Å². The second-order valence-corrected chi connectivity index (χ2v) is 6.51. The number of carbonyl (C=O) groups is 1. The molecule has 2 amide bonds. The highest BCUT2D eigenvalue weighted by Crippen LogP contribution is 2.31. The Morgan fingerprint density at radius 2 is 2.24 bits per heavy atom. The topological polar surface area (TPSA) is 81.1 Å². The lowest BCUT2D eigenvalue weighted by atomic mass is 10.2. The lowest BCUT2D eigenvalue weighted by Gasteiger charge is -2.17.